The molecule has 2 aliphatic heterocycles. The van der Waals surface area contributed by atoms with E-state index < -0.39 is 0 Å². The Bertz CT molecular complexity index is 582. The van der Waals surface area contributed by atoms with Crippen molar-refractivity contribution in [1.29, 1.82) is 0 Å². The Kier molecular flexibility index (Phi) is 7.76. The van der Waals surface area contributed by atoms with E-state index in [1.54, 1.807) is 0 Å². The average Bonchev–Trinajstić information content (AvgIpc) is 3.22. The number of halogens is 1. The number of aliphatic imine (C=N–C) groups is 1. The molecular weight excluding hydrogens is 437 g/mol. The summed E-state index contributed by atoms with van der Waals surface area (Å²) in [6, 6.07) is 10.7. The number of nitrogens with zero attached hydrogens (tertiary/aromatic N) is 2. The lowest BCUT2D eigenvalue weighted by atomic mass is 9.86. The third-order valence-corrected chi connectivity index (χ3v) is 5.44. The van der Waals surface area contributed by atoms with Gasteiger partial charge in [0.25, 0.3) is 0 Å². The maximum atomic E-state index is 5.66. The van der Waals surface area contributed by atoms with Gasteiger partial charge in [0.2, 0.25) is 0 Å². The highest BCUT2D eigenvalue weighted by molar-refractivity contribution is 14.0. The molecule has 0 bridgehead atoms. The van der Waals surface area contributed by atoms with Gasteiger partial charge in [-0.25, -0.2) is 0 Å². The number of guanidine groups is 1. The van der Waals surface area contributed by atoms with Crippen molar-refractivity contribution in [3.8, 4) is 0 Å². The van der Waals surface area contributed by atoms with Crippen LogP contribution in [0.4, 0.5) is 0 Å². The van der Waals surface area contributed by atoms with E-state index in [1.165, 1.54) is 18.4 Å². The maximum absolute atomic E-state index is 5.66. The van der Waals surface area contributed by atoms with E-state index >= 15 is 0 Å². The summed E-state index contributed by atoms with van der Waals surface area (Å²) in [6.07, 6.45) is 3.47. The van der Waals surface area contributed by atoms with E-state index in [9.17, 15) is 0 Å². The second kappa shape index (κ2) is 9.40. The van der Waals surface area contributed by atoms with Crippen LogP contribution in [0.15, 0.2) is 35.3 Å². The quantitative estimate of drug-likeness (QED) is 0.402. The molecule has 0 aliphatic carbocycles. The van der Waals surface area contributed by atoms with Gasteiger partial charge in [-0.05, 0) is 37.2 Å². The molecule has 5 heteroatoms. The SMILES string of the molecule is CCNC(=NCC(C)(C)Cc1ccccc1)N1CCC2(CCOC2)C1.I. The van der Waals surface area contributed by atoms with Crippen LogP contribution >= 0.6 is 24.0 Å². The van der Waals surface area contributed by atoms with Crippen LogP contribution < -0.4 is 5.32 Å². The molecule has 1 N–H and O–H groups in total. The summed E-state index contributed by atoms with van der Waals surface area (Å²) in [4.78, 5) is 7.45. The van der Waals surface area contributed by atoms with Gasteiger partial charge in [-0.1, -0.05) is 44.2 Å². The normalized spacial score (nSPS) is 23.3. The first-order chi connectivity index (χ1) is 12.0. The standard InChI is InChI=1S/C21H33N3O.HI/c1-4-22-19(24-12-10-21(16-24)11-13-25-17-21)23-15-20(2,3)14-18-8-6-5-7-9-18;/h5-9H,4,10-17H2,1-3H3,(H,22,23);1H. The summed E-state index contributed by atoms with van der Waals surface area (Å²) in [7, 11) is 0. The molecule has 3 rings (SSSR count). The van der Waals surface area contributed by atoms with Crippen LogP contribution in [0.1, 0.15) is 39.2 Å². The largest absolute Gasteiger partial charge is 0.381 e. The number of benzene rings is 1. The van der Waals surface area contributed by atoms with Crippen LogP contribution in [0.3, 0.4) is 0 Å². The molecule has 2 fully saturated rings. The van der Waals surface area contributed by atoms with Gasteiger partial charge in [0.15, 0.2) is 5.96 Å². The molecule has 2 saturated heterocycles. The van der Waals surface area contributed by atoms with Crippen LogP contribution in [0.2, 0.25) is 0 Å². The van der Waals surface area contributed by atoms with Crippen LogP contribution in [0.5, 0.6) is 0 Å². The average molecular weight is 471 g/mol. The van der Waals surface area contributed by atoms with Gasteiger partial charge in [0.1, 0.15) is 0 Å². The number of rotatable bonds is 5. The molecule has 2 heterocycles. The second-order valence-electron chi connectivity index (χ2n) is 8.47. The number of likely N-dealkylation sites (tertiary alicyclic amines) is 1. The van der Waals surface area contributed by atoms with Gasteiger partial charge in [-0.15, -0.1) is 24.0 Å². The Labute approximate surface area is 175 Å². The minimum absolute atomic E-state index is 0. The molecule has 146 valence electrons. The monoisotopic (exact) mass is 471 g/mol. The fraction of sp³-hybridized carbons (Fsp3) is 0.667. The Hall–Kier alpha value is -0.820. The zero-order chi connectivity index (χ0) is 17.8. The van der Waals surface area contributed by atoms with E-state index in [1.807, 2.05) is 0 Å². The van der Waals surface area contributed by atoms with Gasteiger partial charge in [0.05, 0.1) is 6.61 Å². The molecule has 1 aromatic carbocycles. The highest BCUT2D eigenvalue weighted by Gasteiger charge is 2.42. The lowest BCUT2D eigenvalue weighted by Gasteiger charge is -2.27. The predicted octanol–water partition coefficient (Wildman–Crippen LogP) is 3.95. The molecule has 26 heavy (non-hydrogen) atoms. The molecule has 1 aromatic rings. The Morgan fingerprint density at radius 3 is 2.69 bits per heavy atom. The molecule has 2 aliphatic rings. The Balaban J connectivity index is 0.00000243. The number of nitrogens with one attached hydrogen (secondary N) is 1. The maximum Gasteiger partial charge on any atom is 0.193 e. The first kappa shape index (κ1) is 21.5. The molecule has 1 atom stereocenters. The first-order valence-electron chi connectivity index (χ1n) is 9.67. The summed E-state index contributed by atoms with van der Waals surface area (Å²) >= 11 is 0. The van der Waals surface area contributed by atoms with Crippen molar-refractivity contribution in [2.24, 2.45) is 15.8 Å². The molecule has 0 aromatic heterocycles. The molecule has 0 amide bonds. The first-order valence-corrected chi connectivity index (χ1v) is 9.67. The molecular formula is C21H34IN3O. The van der Waals surface area contributed by atoms with Crippen molar-refractivity contribution >= 4 is 29.9 Å². The molecule has 1 spiro atoms. The summed E-state index contributed by atoms with van der Waals surface area (Å²) in [5.41, 5.74) is 1.90. The second-order valence-corrected chi connectivity index (χ2v) is 8.47. The molecule has 0 radical (unpaired) electrons. The van der Waals surface area contributed by atoms with E-state index in [0.717, 1.165) is 51.8 Å². The zero-order valence-corrected chi connectivity index (χ0v) is 18.8. The van der Waals surface area contributed by atoms with Crippen molar-refractivity contribution in [1.82, 2.24) is 10.2 Å². The number of hydrogen-bond acceptors (Lipinski definition) is 2. The van der Waals surface area contributed by atoms with Crippen molar-refractivity contribution < 1.29 is 4.74 Å². The van der Waals surface area contributed by atoms with Crippen LogP contribution in [-0.2, 0) is 11.2 Å². The fourth-order valence-corrected chi connectivity index (χ4v) is 4.01. The lowest BCUT2D eigenvalue weighted by molar-refractivity contribution is 0.156. The number of hydrogen-bond donors (Lipinski definition) is 1. The van der Waals surface area contributed by atoms with E-state index in [-0.39, 0.29) is 29.4 Å². The summed E-state index contributed by atoms with van der Waals surface area (Å²) < 4.78 is 5.66. The Morgan fingerprint density at radius 1 is 1.27 bits per heavy atom. The highest BCUT2D eigenvalue weighted by atomic mass is 127. The number of ether oxygens (including phenoxy) is 1. The predicted molar refractivity (Wildman–Crippen MR) is 119 cm³/mol. The minimum atomic E-state index is 0. The third-order valence-electron chi connectivity index (χ3n) is 5.44. The Morgan fingerprint density at radius 2 is 2.04 bits per heavy atom. The van der Waals surface area contributed by atoms with Gasteiger partial charge in [0, 0.05) is 38.2 Å². The lowest BCUT2D eigenvalue weighted by Crippen LogP contribution is -2.42. The fourth-order valence-electron chi connectivity index (χ4n) is 4.01. The van der Waals surface area contributed by atoms with Gasteiger partial charge >= 0.3 is 0 Å². The molecule has 4 nitrogen and oxygen atoms in total. The smallest absolute Gasteiger partial charge is 0.193 e. The summed E-state index contributed by atoms with van der Waals surface area (Å²) in [5.74, 6) is 1.08. The van der Waals surface area contributed by atoms with Crippen molar-refractivity contribution in [2.75, 3.05) is 39.4 Å². The van der Waals surface area contributed by atoms with E-state index in [0.29, 0.717) is 5.41 Å². The third kappa shape index (κ3) is 5.59. The van der Waals surface area contributed by atoms with Crippen molar-refractivity contribution in [3.05, 3.63) is 35.9 Å². The molecule has 1 unspecified atom stereocenters. The van der Waals surface area contributed by atoms with Crippen LogP contribution in [0, 0.1) is 10.8 Å². The van der Waals surface area contributed by atoms with Crippen LogP contribution in [-0.4, -0.2) is 50.3 Å². The van der Waals surface area contributed by atoms with Crippen LogP contribution in [0.25, 0.3) is 0 Å². The zero-order valence-electron chi connectivity index (χ0n) is 16.5. The minimum Gasteiger partial charge on any atom is -0.381 e. The summed E-state index contributed by atoms with van der Waals surface area (Å²) in [6.45, 7) is 12.5. The van der Waals surface area contributed by atoms with Gasteiger partial charge < -0.3 is 15.0 Å². The van der Waals surface area contributed by atoms with E-state index in [4.69, 9.17) is 9.73 Å². The van der Waals surface area contributed by atoms with Crippen molar-refractivity contribution in [3.63, 3.8) is 0 Å². The topological polar surface area (TPSA) is 36.9 Å². The highest BCUT2D eigenvalue weighted by Crippen LogP contribution is 2.38. The summed E-state index contributed by atoms with van der Waals surface area (Å²) in [5, 5.41) is 3.50. The van der Waals surface area contributed by atoms with Crippen molar-refractivity contribution in [2.45, 2.75) is 40.0 Å². The van der Waals surface area contributed by atoms with Gasteiger partial charge in [-0.2, -0.15) is 0 Å². The van der Waals surface area contributed by atoms with Gasteiger partial charge in [-0.3, -0.25) is 4.99 Å². The molecule has 0 saturated carbocycles. The van der Waals surface area contributed by atoms with E-state index in [2.05, 4.69) is 61.3 Å².